The van der Waals surface area contributed by atoms with Gasteiger partial charge in [0.15, 0.2) is 17.2 Å². The lowest BCUT2D eigenvalue weighted by atomic mass is 10.1. The van der Waals surface area contributed by atoms with Crippen LogP contribution >= 0.6 is 0 Å². The van der Waals surface area contributed by atoms with Crippen LogP contribution in [-0.2, 0) is 13.0 Å². The van der Waals surface area contributed by atoms with Crippen molar-refractivity contribution in [2.45, 2.75) is 39.2 Å². The number of hydrogen-bond acceptors (Lipinski definition) is 5. The van der Waals surface area contributed by atoms with Crippen molar-refractivity contribution in [2.24, 2.45) is 0 Å². The second-order valence-electron chi connectivity index (χ2n) is 6.55. The fourth-order valence-electron chi connectivity index (χ4n) is 2.95. The van der Waals surface area contributed by atoms with Gasteiger partial charge in [-0.3, -0.25) is 0 Å². The molecule has 0 amide bonds. The van der Waals surface area contributed by atoms with E-state index in [0.717, 1.165) is 12.2 Å². The van der Waals surface area contributed by atoms with E-state index in [4.69, 9.17) is 14.2 Å². The van der Waals surface area contributed by atoms with Crippen LogP contribution in [0.1, 0.15) is 37.4 Å². The normalized spacial score (nSPS) is 11.7. The minimum Gasteiger partial charge on any atom is -0.487 e. The van der Waals surface area contributed by atoms with Crippen molar-refractivity contribution in [1.82, 2.24) is 10.2 Å². The van der Waals surface area contributed by atoms with Gasteiger partial charge in [0.2, 0.25) is 0 Å². The van der Waals surface area contributed by atoms with Gasteiger partial charge in [-0.1, -0.05) is 44.0 Å². The molecule has 1 aromatic heterocycles. The molecule has 0 aliphatic carbocycles. The quantitative estimate of drug-likeness (QED) is 0.396. The summed E-state index contributed by atoms with van der Waals surface area (Å²) in [6, 6.07) is 17.5. The smallest absolute Gasteiger partial charge is 0.282 e. The van der Waals surface area contributed by atoms with E-state index < -0.39 is 0 Å². The lowest BCUT2D eigenvalue weighted by Gasteiger charge is -2.19. The van der Waals surface area contributed by atoms with Crippen molar-refractivity contribution in [3.8, 4) is 28.9 Å². The Bertz CT molecular complexity index is 910. The third-order valence-corrected chi connectivity index (χ3v) is 4.43. The summed E-state index contributed by atoms with van der Waals surface area (Å²) in [5.41, 5.74) is 2.03. The molecule has 0 atom stereocenters. The van der Waals surface area contributed by atoms with Gasteiger partial charge >= 0.3 is 0 Å². The first-order chi connectivity index (χ1) is 13.3. The second-order valence-corrected chi connectivity index (χ2v) is 6.55. The van der Waals surface area contributed by atoms with Gasteiger partial charge in [-0.25, -0.2) is 0 Å². The van der Waals surface area contributed by atoms with Gasteiger partial charge in [-0.2, -0.15) is 0 Å². The summed E-state index contributed by atoms with van der Waals surface area (Å²) < 4.78 is 17.4. The van der Waals surface area contributed by atoms with E-state index in [-0.39, 0.29) is 0 Å². The number of benzene rings is 2. The van der Waals surface area contributed by atoms with Crippen LogP contribution in [0.3, 0.4) is 0 Å². The molecular formula is C22H22N2O3. The van der Waals surface area contributed by atoms with E-state index in [1.165, 1.54) is 24.8 Å². The molecule has 27 heavy (non-hydrogen) atoms. The van der Waals surface area contributed by atoms with E-state index in [1.54, 1.807) is 6.07 Å². The molecule has 1 aliphatic heterocycles. The molecule has 1 aliphatic rings. The largest absolute Gasteiger partial charge is 0.487 e. The Morgan fingerprint density at radius 3 is 2.41 bits per heavy atom. The van der Waals surface area contributed by atoms with Crippen LogP contribution in [0.5, 0.6) is 28.9 Å². The molecule has 0 saturated carbocycles. The van der Waals surface area contributed by atoms with Crippen LogP contribution < -0.4 is 14.2 Å². The fraction of sp³-hybridized carbons (Fsp3) is 0.273. The Labute approximate surface area is 158 Å². The third kappa shape index (κ3) is 4.19. The Morgan fingerprint density at radius 2 is 1.63 bits per heavy atom. The summed E-state index contributed by atoms with van der Waals surface area (Å²) in [6.45, 7) is 2.54. The molecule has 0 spiro atoms. The van der Waals surface area contributed by atoms with Crippen molar-refractivity contribution in [3.05, 3.63) is 65.9 Å². The average molecular weight is 362 g/mol. The summed E-state index contributed by atoms with van der Waals surface area (Å²) in [4.78, 5) is 0. The summed E-state index contributed by atoms with van der Waals surface area (Å²) in [5, 5.41) is 8.28. The van der Waals surface area contributed by atoms with Gasteiger partial charge in [-0.05, 0) is 42.7 Å². The second kappa shape index (κ2) is 8.08. The highest BCUT2D eigenvalue weighted by molar-refractivity contribution is 5.51. The summed E-state index contributed by atoms with van der Waals surface area (Å²) in [5.74, 6) is 3.05. The van der Waals surface area contributed by atoms with Gasteiger partial charge in [0.1, 0.15) is 18.1 Å². The van der Waals surface area contributed by atoms with Crippen molar-refractivity contribution in [3.63, 3.8) is 0 Å². The van der Waals surface area contributed by atoms with Crippen LogP contribution in [0.2, 0.25) is 0 Å². The predicted octanol–water partition coefficient (Wildman–Crippen LogP) is 5.69. The summed E-state index contributed by atoms with van der Waals surface area (Å²) in [7, 11) is 0. The molecule has 4 rings (SSSR count). The van der Waals surface area contributed by atoms with Gasteiger partial charge in [0, 0.05) is 6.07 Å². The van der Waals surface area contributed by atoms with Gasteiger partial charge < -0.3 is 14.2 Å². The first-order valence-electron chi connectivity index (χ1n) is 9.35. The Hall–Kier alpha value is -3.08. The molecular weight excluding hydrogens is 340 g/mol. The Kier molecular flexibility index (Phi) is 5.19. The molecule has 5 nitrogen and oxygen atoms in total. The van der Waals surface area contributed by atoms with E-state index >= 15 is 0 Å². The van der Waals surface area contributed by atoms with E-state index in [1.807, 2.05) is 36.4 Å². The molecule has 3 aromatic rings. The first kappa shape index (κ1) is 17.3. The number of rotatable bonds is 7. The zero-order chi connectivity index (χ0) is 18.5. The minimum absolute atomic E-state index is 0.320. The van der Waals surface area contributed by atoms with Crippen LogP contribution in [-0.4, -0.2) is 10.2 Å². The van der Waals surface area contributed by atoms with Crippen LogP contribution in [0.25, 0.3) is 0 Å². The van der Waals surface area contributed by atoms with Crippen molar-refractivity contribution >= 4 is 0 Å². The van der Waals surface area contributed by atoms with E-state index in [9.17, 15) is 0 Å². The molecule has 0 unspecified atom stereocenters. The number of aromatic nitrogens is 2. The molecule has 0 radical (unpaired) electrons. The van der Waals surface area contributed by atoms with Crippen LogP contribution in [0, 0.1) is 0 Å². The number of fused-ring (bicyclic) bond motifs is 2. The molecule has 138 valence electrons. The van der Waals surface area contributed by atoms with E-state index in [0.29, 0.717) is 35.4 Å². The highest BCUT2D eigenvalue weighted by atomic mass is 16.6. The molecule has 0 saturated heterocycles. The number of nitrogens with zero attached hydrogens (tertiary/aromatic N) is 2. The molecule has 5 heteroatoms. The van der Waals surface area contributed by atoms with Crippen molar-refractivity contribution in [2.75, 3.05) is 0 Å². The number of aryl methyl sites for hydroxylation is 1. The zero-order valence-corrected chi connectivity index (χ0v) is 15.4. The highest BCUT2D eigenvalue weighted by Gasteiger charge is 2.20. The lowest BCUT2D eigenvalue weighted by Crippen LogP contribution is -2.06. The molecule has 0 fully saturated rings. The fourth-order valence-corrected chi connectivity index (χ4v) is 2.95. The monoisotopic (exact) mass is 362 g/mol. The topological polar surface area (TPSA) is 53.5 Å². The Morgan fingerprint density at radius 1 is 0.852 bits per heavy atom. The van der Waals surface area contributed by atoms with Crippen LogP contribution in [0.4, 0.5) is 0 Å². The van der Waals surface area contributed by atoms with Gasteiger partial charge in [0.25, 0.3) is 5.88 Å². The first-order valence-corrected chi connectivity index (χ1v) is 9.35. The summed E-state index contributed by atoms with van der Waals surface area (Å²) in [6.07, 6.45) is 4.85. The molecule has 2 aromatic carbocycles. The maximum atomic E-state index is 5.85. The maximum Gasteiger partial charge on any atom is 0.282 e. The van der Waals surface area contributed by atoms with Crippen LogP contribution in [0.15, 0.2) is 54.6 Å². The molecule has 2 heterocycles. The average Bonchev–Trinajstić information content (AvgIpc) is 2.71. The van der Waals surface area contributed by atoms with E-state index in [2.05, 4.69) is 29.3 Å². The van der Waals surface area contributed by atoms with Crippen molar-refractivity contribution < 1.29 is 14.2 Å². The van der Waals surface area contributed by atoms with Crippen molar-refractivity contribution in [1.29, 1.82) is 0 Å². The minimum atomic E-state index is 0.320. The maximum absolute atomic E-state index is 5.85. The number of ether oxygens (including phenoxy) is 3. The number of para-hydroxylation sites is 2. The van der Waals surface area contributed by atoms with Gasteiger partial charge in [-0.15, -0.1) is 10.2 Å². The SMILES string of the molecule is CCCCCc1ccc(OCc2cc3c(nn2)Oc2ccccc2O3)cc1. The summed E-state index contributed by atoms with van der Waals surface area (Å²) >= 11 is 0. The van der Waals surface area contributed by atoms with Gasteiger partial charge in [0.05, 0.1) is 0 Å². The zero-order valence-electron chi connectivity index (χ0n) is 15.4. The predicted molar refractivity (Wildman–Crippen MR) is 103 cm³/mol. The number of hydrogen-bond donors (Lipinski definition) is 0. The lowest BCUT2D eigenvalue weighted by molar-refractivity contribution is 0.294. The third-order valence-electron chi connectivity index (χ3n) is 4.43. The Balaban J connectivity index is 1.37. The highest BCUT2D eigenvalue weighted by Crippen LogP contribution is 2.43. The standard InChI is InChI=1S/C22H22N2O3/c1-2-3-4-7-16-10-12-18(13-11-16)25-15-17-14-21-22(24-23-17)27-20-9-6-5-8-19(20)26-21/h5-6,8-14H,2-4,7,15H2,1H3. The molecule has 0 N–H and O–H groups in total. The molecule has 0 bridgehead atoms. The number of unbranched alkanes of at least 4 members (excludes halogenated alkanes) is 2.